The predicted molar refractivity (Wildman–Crippen MR) is 136 cm³/mol. The summed E-state index contributed by atoms with van der Waals surface area (Å²) >= 11 is 0. The fourth-order valence-electron chi connectivity index (χ4n) is 4.61. The Hall–Kier alpha value is -3.51. The average Bonchev–Trinajstić information content (AvgIpc) is 3.28. The monoisotopic (exact) mass is 513 g/mol. The number of allylic oxidation sites excluding steroid dienone is 2. The molecule has 0 bridgehead atoms. The van der Waals surface area contributed by atoms with Gasteiger partial charge < -0.3 is 24.1 Å². The maximum absolute atomic E-state index is 12.6. The fourth-order valence-corrected chi connectivity index (χ4v) is 4.61. The number of piperidine rings is 1. The molecule has 2 aliphatic heterocycles. The van der Waals surface area contributed by atoms with Gasteiger partial charge in [0.05, 0.1) is 26.7 Å². The second kappa shape index (κ2) is 13.2. The third-order valence-electron chi connectivity index (χ3n) is 6.89. The minimum atomic E-state index is -0.733. The van der Waals surface area contributed by atoms with E-state index in [1.54, 1.807) is 7.11 Å². The topological polar surface area (TPSA) is 112 Å². The van der Waals surface area contributed by atoms with E-state index in [-0.39, 0.29) is 25.1 Å². The lowest BCUT2D eigenvalue weighted by Gasteiger charge is -2.28. The number of aliphatic carboxylic acids is 1. The van der Waals surface area contributed by atoms with E-state index >= 15 is 0 Å². The van der Waals surface area contributed by atoms with Crippen LogP contribution in [0.3, 0.4) is 0 Å². The van der Waals surface area contributed by atoms with Gasteiger partial charge in [0.15, 0.2) is 0 Å². The van der Waals surface area contributed by atoms with Gasteiger partial charge in [-0.2, -0.15) is 0 Å². The van der Waals surface area contributed by atoms with Crippen molar-refractivity contribution in [2.45, 2.75) is 52.6 Å². The number of methoxy groups -OCH3 is 2. The quantitative estimate of drug-likeness (QED) is 0.286. The van der Waals surface area contributed by atoms with Crippen molar-refractivity contribution in [2.24, 2.45) is 5.92 Å². The van der Waals surface area contributed by atoms with Crippen LogP contribution in [-0.2, 0) is 32.1 Å². The van der Waals surface area contributed by atoms with E-state index in [2.05, 4.69) is 16.7 Å². The normalized spacial score (nSPS) is 15.9. The summed E-state index contributed by atoms with van der Waals surface area (Å²) in [6.07, 6.45) is 4.54. The molecule has 1 aromatic carbocycles. The van der Waals surface area contributed by atoms with Crippen molar-refractivity contribution < 1.29 is 38.4 Å². The Morgan fingerprint density at radius 1 is 1.16 bits per heavy atom. The van der Waals surface area contributed by atoms with Gasteiger partial charge in [0.1, 0.15) is 30.3 Å². The van der Waals surface area contributed by atoms with Crippen molar-refractivity contribution >= 4 is 17.9 Å². The number of hydrogen-bond donors (Lipinski definition) is 1. The third-order valence-corrected chi connectivity index (χ3v) is 6.89. The van der Waals surface area contributed by atoms with Crippen LogP contribution in [0.1, 0.15) is 59.7 Å². The highest BCUT2D eigenvalue weighted by molar-refractivity contribution is 5.98. The number of fused-ring (bicyclic) bond motifs is 1. The van der Waals surface area contributed by atoms with Crippen molar-refractivity contribution in [3.05, 3.63) is 33.9 Å². The van der Waals surface area contributed by atoms with Crippen LogP contribution in [0.5, 0.6) is 11.5 Å². The maximum Gasteiger partial charge on any atom is 0.342 e. The second-order valence-corrected chi connectivity index (χ2v) is 9.26. The number of cyclic esters (lactones) is 1. The van der Waals surface area contributed by atoms with Gasteiger partial charge >= 0.3 is 17.9 Å². The van der Waals surface area contributed by atoms with Crippen LogP contribution in [0, 0.1) is 24.7 Å². The Kier molecular flexibility index (Phi) is 9.98. The van der Waals surface area contributed by atoms with Gasteiger partial charge in [-0.15, -0.1) is 0 Å². The molecule has 1 N–H and O–H groups in total. The minimum absolute atomic E-state index is 0.0789. The molecule has 0 atom stereocenters. The summed E-state index contributed by atoms with van der Waals surface area (Å²) in [5.41, 5.74) is 3.73. The Labute approximate surface area is 217 Å². The van der Waals surface area contributed by atoms with Gasteiger partial charge in [-0.05, 0) is 58.2 Å². The zero-order chi connectivity index (χ0) is 26.9. The van der Waals surface area contributed by atoms with Gasteiger partial charge in [-0.25, -0.2) is 4.79 Å². The van der Waals surface area contributed by atoms with Crippen LogP contribution in [0.4, 0.5) is 0 Å². The molecule has 1 aromatic rings. The Balaban J connectivity index is 1.75. The number of nitrogens with zero attached hydrogens (tertiary/aromatic N) is 1. The van der Waals surface area contributed by atoms with Gasteiger partial charge in [0.2, 0.25) is 0 Å². The number of hydrogen-bond acceptors (Lipinski definition) is 8. The first-order valence-corrected chi connectivity index (χ1v) is 12.4. The summed E-state index contributed by atoms with van der Waals surface area (Å²) in [4.78, 5) is 37.4. The standard InChI is InChI=1S/C28H35NO8/c1-18(8-10-23(30)34-3)7-9-21-25(35-4)19(2)22-17-37-28(33)24(22)26(21)36-16-6-5-13-29-14-11-20(12-15-29)27(31)32/h7,20H,8-17H2,1-4H3,(H,31,32)/b18-7+. The van der Waals surface area contributed by atoms with E-state index in [4.69, 9.17) is 24.1 Å². The molecule has 0 aromatic heterocycles. The Morgan fingerprint density at radius 2 is 1.89 bits per heavy atom. The molecule has 37 heavy (non-hydrogen) atoms. The number of ether oxygens (including phenoxy) is 4. The molecule has 0 spiro atoms. The zero-order valence-corrected chi connectivity index (χ0v) is 22.0. The van der Waals surface area contributed by atoms with Crippen LogP contribution in [0.25, 0.3) is 0 Å². The number of carboxylic acids is 1. The first-order chi connectivity index (χ1) is 17.8. The smallest absolute Gasteiger partial charge is 0.342 e. The van der Waals surface area contributed by atoms with Crippen molar-refractivity contribution in [3.63, 3.8) is 0 Å². The number of carbonyl (C=O) groups is 3. The highest BCUT2D eigenvalue weighted by Gasteiger charge is 2.33. The molecule has 1 saturated heterocycles. The number of carbonyl (C=O) groups excluding carboxylic acids is 2. The van der Waals surface area contributed by atoms with E-state index in [0.29, 0.717) is 68.8 Å². The van der Waals surface area contributed by atoms with Crippen molar-refractivity contribution in [3.8, 4) is 23.3 Å². The summed E-state index contributed by atoms with van der Waals surface area (Å²) in [5.74, 6) is 5.44. The molecule has 3 rings (SSSR count). The van der Waals surface area contributed by atoms with Crippen LogP contribution < -0.4 is 9.47 Å². The maximum atomic E-state index is 12.6. The molecule has 0 aliphatic carbocycles. The van der Waals surface area contributed by atoms with E-state index in [1.807, 2.05) is 19.9 Å². The van der Waals surface area contributed by atoms with Crippen molar-refractivity contribution in [1.29, 1.82) is 0 Å². The van der Waals surface area contributed by atoms with Crippen LogP contribution in [0.2, 0.25) is 0 Å². The fraction of sp³-hybridized carbons (Fsp3) is 0.536. The molecule has 0 amide bonds. The number of carboxylic acid groups (broad SMARTS) is 1. The van der Waals surface area contributed by atoms with Gasteiger partial charge in [-0.1, -0.05) is 23.5 Å². The lowest BCUT2D eigenvalue weighted by molar-refractivity contribution is -0.143. The molecule has 2 heterocycles. The Bertz CT molecular complexity index is 1120. The number of likely N-dealkylation sites (tertiary alicyclic amines) is 1. The van der Waals surface area contributed by atoms with E-state index in [9.17, 15) is 14.4 Å². The van der Waals surface area contributed by atoms with E-state index < -0.39 is 11.9 Å². The summed E-state index contributed by atoms with van der Waals surface area (Å²) in [5, 5.41) is 9.14. The third kappa shape index (κ3) is 7.04. The van der Waals surface area contributed by atoms with Gasteiger partial charge in [-0.3, -0.25) is 14.5 Å². The van der Waals surface area contributed by atoms with Crippen LogP contribution in [0.15, 0.2) is 11.6 Å². The lowest BCUT2D eigenvalue weighted by atomic mass is 9.94. The highest BCUT2D eigenvalue weighted by Crippen LogP contribution is 2.42. The molecule has 0 saturated carbocycles. The highest BCUT2D eigenvalue weighted by atomic mass is 16.5. The zero-order valence-electron chi connectivity index (χ0n) is 22.0. The molecular formula is C28H35NO8. The molecule has 9 nitrogen and oxygen atoms in total. The molecular weight excluding hydrogens is 478 g/mol. The summed E-state index contributed by atoms with van der Waals surface area (Å²) in [6.45, 7) is 6.01. The van der Waals surface area contributed by atoms with Crippen molar-refractivity contribution in [2.75, 3.05) is 40.5 Å². The van der Waals surface area contributed by atoms with Gasteiger partial charge in [0.25, 0.3) is 0 Å². The van der Waals surface area contributed by atoms with Crippen molar-refractivity contribution in [1.82, 2.24) is 4.90 Å². The number of benzene rings is 1. The molecule has 9 heteroatoms. The Morgan fingerprint density at radius 3 is 2.54 bits per heavy atom. The summed E-state index contributed by atoms with van der Waals surface area (Å²) in [6, 6.07) is 0. The SMILES string of the molecule is COC(=O)CC/C(C)=C/Cc1c(OC)c(C)c2c(c1OCC#CCN1CCC(C(=O)O)CC1)C(=O)OC2. The van der Waals surface area contributed by atoms with Gasteiger partial charge in [0, 0.05) is 17.5 Å². The van der Waals surface area contributed by atoms with Crippen LogP contribution in [-0.4, -0.2) is 68.4 Å². The molecule has 2 aliphatic rings. The molecule has 0 unspecified atom stereocenters. The summed E-state index contributed by atoms with van der Waals surface area (Å²) in [7, 11) is 2.95. The number of rotatable bonds is 10. The van der Waals surface area contributed by atoms with E-state index in [1.165, 1.54) is 7.11 Å². The molecule has 1 fully saturated rings. The largest absolute Gasteiger partial charge is 0.496 e. The van der Waals surface area contributed by atoms with Crippen LogP contribution >= 0.6 is 0 Å². The second-order valence-electron chi connectivity index (χ2n) is 9.26. The minimum Gasteiger partial charge on any atom is -0.496 e. The summed E-state index contributed by atoms with van der Waals surface area (Å²) < 4.78 is 21.8. The molecule has 200 valence electrons. The first-order valence-electron chi connectivity index (χ1n) is 12.4. The molecule has 0 radical (unpaired) electrons. The average molecular weight is 514 g/mol. The number of esters is 2. The van der Waals surface area contributed by atoms with E-state index in [0.717, 1.165) is 22.3 Å². The lowest BCUT2D eigenvalue weighted by Crippen LogP contribution is -2.36. The first kappa shape index (κ1) is 28.1. The predicted octanol–water partition coefficient (Wildman–Crippen LogP) is 3.29.